The molecule has 2 aromatic rings. The summed E-state index contributed by atoms with van der Waals surface area (Å²) < 4.78 is 23.9. The standard InChI is InChI=1S/C21H27N3O4S/c1-16-7-6-12-23(14-16)15-18-9-4-3-8-17(18)13-22-19-10-5-11-20(29(2,27)28)21(19)24(25)26/h3-5,8-11,16,22H,6-7,12-15H2,1-2H3. The van der Waals surface area contributed by atoms with Gasteiger partial charge in [-0.05, 0) is 48.6 Å². The fourth-order valence-electron chi connectivity index (χ4n) is 3.90. The third-order valence-electron chi connectivity index (χ3n) is 5.30. The van der Waals surface area contributed by atoms with E-state index in [0.29, 0.717) is 12.5 Å². The van der Waals surface area contributed by atoms with Gasteiger partial charge in [-0.3, -0.25) is 15.0 Å². The van der Waals surface area contributed by atoms with E-state index < -0.39 is 20.4 Å². The smallest absolute Gasteiger partial charge is 0.310 e. The average Bonchev–Trinajstić information content (AvgIpc) is 2.66. The minimum atomic E-state index is -3.70. The van der Waals surface area contributed by atoms with E-state index in [1.807, 2.05) is 18.2 Å². The molecule has 0 bridgehead atoms. The van der Waals surface area contributed by atoms with Gasteiger partial charge in [0, 0.05) is 25.9 Å². The van der Waals surface area contributed by atoms with Gasteiger partial charge in [0.05, 0.1) is 4.92 Å². The second-order valence-corrected chi connectivity index (χ2v) is 9.77. The number of para-hydroxylation sites is 1. The molecule has 0 amide bonds. The molecule has 2 aromatic carbocycles. The lowest BCUT2D eigenvalue weighted by molar-refractivity contribution is -0.386. The van der Waals surface area contributed by atoms with Crippen LogP contribution in [0.3, 0.4) is 0 Å². The Kier molecular flexibility index (Phi) is 6.54. The molecule has 1 unspecified atom stereocenters. The average molecular weight is 418 g/mol. The Balaban J connectivity index is 1.81. The van der Waals surface area contributed by atoms with Crippen LogP contribution in [-0.4, -0.2) is 37.6 Å². The van der Waals surface area contributed by atoms with Crippen molar-refractivity contribution in [3.05, 3.63) is 63.7 Å². The third kappa shape index (κ3) is 5.33. The maximum atomic E-state index is 11.9. The van der Waals surface area contributed by atoms with Gasteiger partial charge >= 0.3 is 5.69 Å². The molecule has 0 aliphatic carbocycles. The normalized spacial score (nSPS) is 17.8. The predicted molar refractivity (Wildman–Crippen MR) is 114 cm³/mol. The molecule has 1 fully saturated rings. The lowest BCUT2D eigenvalue weighted by atomic mass is 9.99. The van der Waals surface area contributed by atoms with Crippen molar-refractivity contribution < 1.29 is 13.3 Å². The van der Waals surface area contributed by atoms with Crippen LogP contribution < -0.4 is 5.32 Å². The lowest BCUT2D eigenvalue weighted by Gasteiger charge is -2.31. The number of benzene rings is 2. The summed E-state index contributed by atoms with van der Waals surface area (Å²) in [6.45, 7) is 5.65. The van der Waals surface area contributed by atoms with Crippen LogP contribution >= 0.6 is 0 Å². The Labute approximate surface area is 171 Å². The number of nitro benzene ring substituents is 1. The topological polar surface area (TPSA) is 92.6 Å². The molecule has 1 aliphatic heterocycles. The second-order valence-electron chi connectivity index (χ2n) is 7.79. The first-order valence-corrected chi connectivity index (χ1v) is 11.7. The molecule has 1 aliphatic rings. The Morgan fingerprint density at radius 2 is 1.90 bits per heavy atom. The summed E-state index contributed by atoms with van der Waals surface area (Å²) in [5.41, 5.74) is 2.03. The molecule has 0 aromatic heterocycles. The molecular formula is C21H27N3O4S. The maximum Gasteiger partial charge on any atom is 0.310 e. The van der Waals surface area contributed by atoms with Crippen molar-refractivity contribution in [1.29, 1.82) is 0 Å². The minimum absolute atomic E-state index is 0.208. The molecule has 0 spiro atoms. The van der Waals surface area contributed by atoms with Crippen molar-refractivity contribution >= 4 is 21.2 Å². The number of nitrogens with one attached hydrogen (secondary N) is 1. The fourth-order valence-corrected chi connectivity index (χ4v) is 4.76. The van der Waals surface area contributed by atoms with Gasteiger partial charge in [0.15, 0.2) is 9.84 Å². The number of nitrogens with zero attached hydrogens (tertiary/aromatic N) is 2. The van der Waals surface area contributed by atoms with Crippen LogP contribution in [0.5, 0.6) is 0 Å². The van der Waals surface area contributed by atoms with Gasteiger partial charge in [0.1, 0.15) is 10.6 Å². The van der Waals surface area contributed by atoms with Crippen LogP contribution in [0.25, 0.3) is 0 Å². The summed E-state index contributed by atoms with van der Waals surface area (Å²) in [6.07, 6.45) is 3.44. The number of rotatable bonds is 7. The van der Waals surface area contributed by atoms with Gasteiger partial charge in [-0.25, -0.2) is 8.42 Å². The highest BCUT2D eigenvalue weighted by molar-refractivity contribution is 7.90. The maximum absolute atomic E-state index is 11.9. The van der Waals surface area contributed by atoms with Gasteiger partial charge in [0.2, 0.25) is 0 Å². The van der Waals surface area contributed by atoms with E-state index in [9.17, 15) is 18.5 Å². The molecule has 3 rings (SSSR count). The van der Waals surface area contributed by atoms with E-state index in [0.717, 1.165) is 31.5 Å². The number of piperidine rings is 1. The SMILES string of the molecule is CC1CCCN(Cc2ccccc2CNc2cccc(S(C)(=O)=O)c2[N+](=O)[O-])C1. The summed E-state index contributed by atoms with van der Waals surface area (Å²) in [6, 6.07) is 12.4. The van der Waals surface area contributed by atoms with Gasteiger partial charge in [0.25, 0.3) is 0 Å². The highest BCUT2D eigenvalue weighted by Gasteiger charge is 2.26. The molecule has 0 saturated carbocycles. The number of likely N-dealkylation sites (tertiary alicyclic amines) is 1. The summed E-state index contributed by atoms with van der Waals surface area (Å²) in [4.78, 5) is 13.1. The zero-order valence-electron chi connectivity index (χ0n) is 16.8. The fraction of sp³-hybridized carbons (Fsp3) is 0.429. The third-order valence-corrected chi connectivity index (χ3v) is 6.43. The number of hydrogen-bond acceptors (Lipinski definition) is 6. The minimum Gasteiger partial charge on any atom is -0.375 e. The molecule has 0 radical (unpaired) electrons. The molecule has 1 N–H and O–H groups in total. The first kappa shape index (κ1) is 21.3. The van der Waals surface area contributed by atoms with Gasteiger partial charge in [-0.1, -0.05) is 37.3 Å². The van der Waals surface area contributed by atoms with Crippen molar-refractivity contribution in [2.75, 3.05) is 24.7 Å². The first-order chi connectivity index (χ1) is 13.8. The summed E-state index contributed by atoms with van der Waals surface area (Å²) in [5, 5.41) is 14.6. The summed E-state index contributed by atoms with van der Waals surface area (Å²) in [7, 11) is -3.70. The Hall–Kier alpha value is -2.45. The summed E-state index contributed by atoms with van der Waals surface area (Å²) >= 11 is 0. The first-order valence-electron chi connectivity index (χ1n) is 9.76. The molecule has 156 valence electrons. The Morgan fingerprint density at radius 3 is 2.55 bits per heavy atom. The van der Waals surface area contributed by atoms with E-state index in [-0.39, 0.29) is 10.6 Å². The monoisotopic (exact) mass is 417 g/mol. The molecule has 1 atom stereocenters. The zero-order chi connectivity index (χ0) is 21.0. The van der Waals surface area contributed by atoms with E-state index in [1.54, 1.807) is 6.07 Å². The number of nitro groups is 1. The molecule has 29 heavy (non-hydrogen) atoms. The molecule has 1 heterocycles. The van der Waals surface area contributed by atoms with E-state index in [4.69, 9.17) is 0 Å². The largest absolute Gasteiger partial charge is 0.375 e. The number of sulfone groups is 1. The number of hydrogen-bond donors (Lipinski definition) is 1. The molecule has 8 heteroatoms. The van der Waals surface area contributed by atoms with Crippen LogP contribution in [0.2, 0.25) is 0 Å². The van der Waals surface area contributed by atoms with Crippen LogP contribution in [0.15, 0.2) is 47.4 Å². The van der Waals surface area contributed by atoms with Crippen LogP contribution in [0.4, 0.5) is 11.4 Å². The van der Waals surface area contributed by atoms with Crippen molar-refractivity contribution in [2.24, 2.45) is 5.92 Å². The van der Waals surface area contributed by atoms with Crippen molar-refractivity contribution in [3.63, 3.8) is 0 Å². The molecule has 7 nitrogen and oxygen atoms in total. The highest BCUT2D eigenvalue weighted by atomic mass is 32.2. The van der Waals surface area contributed by atoms with Crippen molar-refractivity contribution in [1.82, 2.24) is 4.90 Å². The Bertz CT molecular complexity index is 991. The predicted octanol–water partition coefficient (Wildman–Crippen LogP) is 3.84. The van der Waals surface area contributed by atoms with Gasteiger partial charge in [-0.2, -0.15) is 0 Å². The second kappa shape index (κ2) is 8.92. The van der Waals surface area contributed by atoms with E-state index in [1.165, 1.54) is 30.5 Å². The molecular weight excluding hydrogens is 390 g/mol. The van der Waals surface area contributed by atoms with Crippen LogP contribution in [-0.2, 0) is 22.9 Å². The van der Waals surface area contributed by atoms with Crippen LogP contribution in [0.1, 0.15) is 30.9 Å². The van der Waals surface area contributed by atoms with Crippen molar-refractivity contribution in [3.8, 4) is 0 Å². The summed E-state index contributed by atoms with van der Waals surface area (Å²) in [5.74, 6) is 0.690. The quantitative estimate of drug-likeness (QED) is 0.543. The molecule has 1 saturated heterocycles. The van der Waals surface area contributed by atoms with E-state index >= 15 is 0 Å². The Morgan fingerprint density at radius 1 is 1.17 bits per heavy atom. The van der Waals surface area contributed by atoms with Crippen molar-refractivity contribution in [2.45, 2.75) is 37.8 Å². The highest BCUT2D eigenvalue weighted by Crippen LogP contribution is 2.32. The zero-order valence-corrected chi connectivity index (χ0v) is 17.6. The van der Waals surface area contributed by atoms with E-state index in [2.05, 4.69) is 23.2 Å². The van der Waals surface area contributed by atoms with Gasteiger partial charge < -0.3 is 5.32 Å². The van der Waals surface area contributed by atoms with Crippen LogP contribution in [0, 0.1) is 16.0 Å². The van der Waals surface area contributed by atoms with Gasteiger partial charge in [-0.15, -0.1) is 0 Å². The number of anilines is 1. The lowest BCUT2D eigenvalue weighted by Crippen LogP contribution is -2.34.